The van der Waals surface area contributed by atoms with Gasteiger partial charge in [-0.2, -0.15) is 11.8 Å². The van der Waals surface area contributed by atoms with Gasteiger partial charge in [-0.25, -0.2) is 4.98 Å². The molecule has 6 heteroatoms. The molecule has 0 saturated carbocycles. The van der Waals surface area contributed by atoms with Crippen molar-refractivity contribution in [2.24, 2.45) is 0 Å². The number of halogens is 1. The van der Waals surface area contributed by atoms with Crippen LogP contribution in [0.15, 0.2) is 55.1 Å². The van der Waals surface area contributed by atoms with E-state index >= 15 is 0 Å². The fraction of sp³-hybridized carbons (Fsp3) is 0.350. The summed E-state index contributed by atoms with van der Waals surface area (Å²) in [5.41, 5.74) is 7.94. The molecule has 0 bridgehead atoms. The molecular weight excluding hydrogens is 382 g/mol. The second kappa shape index (κ2) is 10.0. The Morgan fingerprint density at radius 3 is 2.69 bits per heavy atom. The number of hydrogen-bond acceptors (Lipinski definition) is 4. The third-order valence-corrected chi connectivity index (χ3v) is 6.93. The largest absolute Gasteiger partial charge is 0.399 e. The Labute approximate surface area is 168 Å². The minimum absolute atomic E-state index is 0.580. The van der Waals surface area contributed by atoms with Crippen LogP contribution in [0.25, 0.3) is 0 Å². The van der Waals surface area contributed by atoms with Gasteiger partial charge in [0.15, 0.2) is 0 Å². The number of imidazole rings is 1. The van der Waals surface area contributed by atoms with Gasteiger partial charge in [-0.3, -0.25) is 0 Å². The summed E-state index contributed by atoms with van der Waals surface area (Å²) in [4.78, 5) is 5.54. The number of aryl methyl sites for hydroxylation is 2. The monoisotopic (exact) mass is 405 g/mol. The molecule has 0 aliphatic rings. The molecule has 1 unspecified atom stereocenters. The number of thioether (sulfide) groups is 1. The lowest BCUT2D eigenvalue weighted by Crippen LogP contribution is -2.14. The number of benzene rings is 1. The maximum absolute atomic E-state index is 6.05. The van der Waals surface area contributed by atoms with Crippen molar-refractivity contribution in [3.8, 4) is 0 Å². The number of rotatable bonds is 10. The first-order valence-electron chi connectivity index (χ1n) is 8.85. The van der Waals surface area contributed by atoms with Crippen LogP contribution in [-0.4, -0.2) is 20.6 Å². The molecule has 3 aromatic rings. The van der Waals surface area contributed by atoms with E-state index in [0.29, 0.717) is 5.25 Å². The lowest BCUT2D eigenvalue weighted by molar-refractivity contribution is 0.625. The molecule has 0 radical (unpaired) electrons. The first-order valence-corrected chi connectivity index (χ1v) is 11.1. The molecule has 0 spiro atoms. The summed E-state index contributed by atoms with van der Waals surface area (Å²) in [6.45, 7) is 1.01. The summed E-state index contributed by atoms with van der Waals surface area (Å²) >= 11 is 9.81. The minimum Gasteiger partial charge on any atom is -0.399 e. The standard InChI is InChI=1S/C20H24ClN3S2/c21-20-10-9-18(26-20)7-8-19(14-24-12-11-23-15-24)25-13-1-2-16-3-5-17(22)6-4-16/h3-6,9-12,15,19H,1-2,7-8,13-14,22H2. The van der Waals surface area contributed by atoms with Crippen molar-refractivity contribution in [3.05, 3.63) is 69.9 Å². The molecule has 1 aromatic carbocycles. The Bertz CT molecular complexity index is 769. The Kier molecular flexibility index (Phi) is 7.47. The summed E-state index contributed by atoms with van der Waals surface area (Å²) < 4.78 is 3.06. The van der Waals surface area contributed by atoms with Gasteiger partial charge < -0.3 is 10.3 Å². The van der Waals surface area contributed by atoms with Gasteiger partial charge in [0.1, 0.15) is 0 Å². The summed E-state index contributed by atoms with van der Waals surface area (Å²) in [7, 11) is 0. The summed E-state index contributed by atoms with van der Waals surface area (Å²) in [6.07, 6.45) is 10.3. The molecule has 0 saturated heterocycles. The first-order chi connectivity index (χ1) is 12.7. The summed E-state index contributed by atoms with van der Waals surface area (Å²) in [5, 5.41) is 0.580. The quantitative estimate of drug-likeness (QED) is 0.355. The number of nitrogens with two attached hydrogens (primary N) is 1. The van der Waals surface area contributed by atoms with Crippen LogP contribution in [0, 0.1) is 0 Å². The predicted molar refractivity (Wildman–Crippen MR) is 115 cm³/mol. The maximum Gasteiger partial charge on any atom is 0.0946 e. The van der Waals surface area contributed by atoms with Crippen molar-refractivity contribution >= 4 is 40.4 Å². The van der Waals surface area contributed by atoms with Crippen LogP contribution in [-0.2, 0) is 19.4 Å². The Hall–Kier alpha value is -1.43. The van der Waals surface area contributed by atoms with E-state index in [0.717, 1.165) is 41.6 Å². The zero-order valence-electron chi connectivity index (χ0n) is 14.7. The zero-order chi connectivity index (χ0) is 18.2. The van der Waals surface area contributed by atoms with E-state index in [-0.39, 0.29) is 0 Å². The van der Waals surface area contributed by atoms with Crippen LogP contribution >= 0.6 is 34.7 Å². The van der Waals surface area contributed by atoms with Crippen molar-refractivity contribution in [1.82, 2.24) is 9.55 Å². The SMILES string of the molecule is Nc1ccc(CCCSC(CCc2ccc(Cl)s2)Cn2ccnc2)cc1. The van der Waals surface area contributed by atoms with E-state index in [9.17, 15) is 0 Å². The number of aromatic nitrogens is 2. The predicted octanol–water partition coefficient (Wildman–Crippen LogP) is 5.55. The van der Waals surface area contributed by atoms with Crippen LogP contribution < -0.4 is 5.73 Å². The summed E-state index contributed by atoms with van der Waals surface area (Å²) in [6, 6.07) is 12.4. The van der Waals surface area contributed by atoms with Crippen LogP contribution in [0.3, 0.4) is 0 Å². The van der Waals surface area contributed by atoms with Gasteiger partial charge in [0, 0.05) is 34.8 Å². The van der Waals surface area contributed by atoms with Gasteiger partial charge in [-0.1, -0.05) is 23.7 Å². The van der Waals surface area contributed by atoms with E-state index < -0.39 is 0 Å². The first kappa shape index (κ1) is 19.3. The van der Waals surface area contributed by atoms with Gasteiger partial charge in [0.25, 0.3) is 0 Å². The van der Waals surface area contributed by atoms with Gasteiger partial charge >= 0.3 is 0 Å². The van der Waals surface area contributed by atoms with Gasteiger partial charge in [-0.15, -0.1) is 11.3 Å². The molecule has 0 amide bonds. The fourth-order valence-corrected chi connectivity index (χ4v) is 5.17. The van der Waals surface area contributed by atoms with Gasteiger partial charge in [0.2, 0.25) is 0 Å². The van der Waals surface area contributed by atoms with Crippen LogP contribution in [0.4, 0.5) is 5.69 Å². The van der Waals surface area contributed by atoms with Crippen LogP contribution in [0.5, 0.6) is 0 Å². The van der Waals surface area contributed by atoms with E-state index in [1.807, 2.05) is 36.9 Å². The van der Waals surface area contributed by atoms with Crippen LogP contribution in [0.1, 0.15) is 23.3 Å². The average molecular weight is 406 g/mol. The number of hydrogen-bond donors (Lipinski definition) is 1. The second-order valence-corrected chi connectivity index (χ2v) is 9.55. The van der Waals surface area contributed by atoms with Crippen molar-refractivity contribution in [1.29, 1.82) is 0 Å². The van der Waals surface area contributed by atoms with E-state index in [4.69, 9.17) is 17.3 Å². The highest BCUT2D eigenvalue weighted by atomic mass is 35.5. The van der Waals surface area contributed by atoms with Crippen molar-refractivity contribution in [2.45, 2.75) is 37.5 Å². The van der Waals surface area contributed by atoms with E-state index in [1.165, 1.54) is 16.9 Å². The third kappa shape index (κ3) is 6.38. The zero-order valence-corrected chi connectivity index (χ0v) is 17.1. The fourth-order valence-electron chi connectivity index (χ4n) is 2.86. The number of thiophene rings is 1. The highest BCUT2D eigenvalue weighted by Gasteiger charge is 2.11. The number of nitrogen functional groups attached to an aromatic ring is 1. The van der Waals surface area contributed by atoms with Crippen molar-refractivity contribution in [3.63, 3.8) is 0 Å². The van der Waals surface area contributed by atoms with E-state index in [1.54, 1.807) is 11.3 Å². The topological polar surface area (TPSA) is 43.8 Å². The highest BCUT2D eigenvalue weighted by Crippen LogP contribution is 2.26. The highest BCUT2D eigenvalue weighted by molar-refractivity contribution is 7.99. The molecule has 2 aromatic heterocycles. The molecule has 3 nitrogen and oxygen atoms in total. The van der Waals surface area contributed by atoms with Gasteiger partial charge in [-0.05, 0) is 61.3 Å². The van der Waals surface area contributed by atoms with E-state index in [2.05, 4.69) is 39.5 Å². The molecule has 2 N–H and O–H groups in total. The van der Waals surface area contributed by atoms with Crippen molar-refractivity contribution in [2.75, 3.05) is 11.5 Å². The summed E-state index contributed by atoms with van der Waals surface area (Å²) in [5.74, 6) is 1.16. The van der Waals surface area contributed by atoms with Gasteiger partial charge in [0.05, 0.1) is 10.7 Å². The molecule has 3 rings (SSSR count). The number of nitrogens with zero attached hydrogens (tertiary/aromatic N) is 2. The molecular formula is C20H24ClN3S2. The molecule has 2 heterocycles. The lowest BCUT2D eigenvalue weighted by Gasteiger charge is -2.17. The molecule has 26 heavy (non-hydrogen) atoms. The van der Waals surface area contributed by atoms with Crippen molar-refractivity contribution < 1.29 is 0 Å². The molecule has 138 valence electrons. The third-order valence-electron chi connectivity index (χ3n) is 4.26. The normalized spacial score (nSPS) is 12.3. The maximum atomic E-state index is 6.05. The lowest BCUT2D eigenvalue weighted by atomic mass is 10.1. The average Bonchev–Trinajstić information content (AvgIpc) is 3.29. The molecule has 1 atom stereocenters. The molecule has 0 aliphatic carbocycles. The second-order valence-electron chi connectivity index (χ2n) is 6.34. The Balaban J connectivity index is 1.47. The smallest absolute Gasteiger partial charge is 0.0946 e. The molecule has 0 aliphatic heterocycles. The molecule has 0 fully saturated rings. The number of anilines is 1. The minimum atomic E-state index is 0.580. The Morgan fingerprint density at radius 1 is 1.15 bits per heavy atom. The Morgan fingerprint density at radius 2 is 2.00 bits per heavy atom. The van der Waals surface area contributed by atoms with Crippen LogP contribution in [0.2, 0.25) is 4.34 Å².